The molecule has 0 fully saturated rings. The molecule has 0 aromatic carbocycles. The van der Waals surface area contributed by atoms with Gasteiger partial charge in [0.1, 0.15) is 10.6 Å². The summed E-state index contributed by atoms with van der Waals surface area (Å²) in [4.78, 5) is 24.4. The first kappa shape index (κ1) is 14.5. The van der Waals surface area contributed by atoms with Crippen molar-refractivity contribution in [2.24, 2.45) is 0 Å². The van der Waals surface area contributed by atoms with E-state index in [1.807, 2.05) is 22.9 Å². The molecular weight excluding hydrogens is 298 g/mol. The normalized spacial score (nSPS) is 10.1. The summed E-state index contributed by atoms with van der Waals surface area (Å²) in [5.41, 5.74) is 1.11. The Bertz CT molecular complexity index is 604. The topological polar surface area (TPSA) is 64.6 Å². The first-order chi connectivity index (χ1) is 9.67. The first-order valence-corrected chi connectivity index (χ1v) is 7.60. The molecule has 5 nitrogen and oxygen atoms in total. The zero-order valence-corrected chi connectivity index (χ0v) is 12.6. The van der Waals surface area contributed by atoms with Crippen molar-refractivity contribution in [1.29, 1.82) is 0 Å². The van der Waals surface area contributed by atoms with Crippen molar-refractivity contribution in [3.05, 3.63) is 28.5 Å². The molecule has 0 atom stereocenters. The van der Waals surface area contributed by atoms with Gasteiger partial charge < -0.3 is 9.47 Å². The van der Waals surface area contributed by atoms with Crippen molar-refractivity contribution >= 4 is 39.7 Å². The van der Waals surface area contributed by atoms with E-state index in [4.69, 9.17) is 9.47 Å². The van der Waals surface area contributed by atoms with Gasteiger partial charge in [0.2, 0.25) is 0 Å². The van der Waals surface area contributed by atoms with Crippen LogP contribution in [0.15, 0.2) is 22.9 Å². The van der Waals surface area contributed by atoms with Crippen molar-refractivity contribution in [1.82, 2.24) is 0 Å². The van der Waals surface area contributed by atoms with Crippen LogP contribution in [0.5, 0.6) is 0 Å². The molecule has 0 spiro atoms. The highest BCUT2D eigenvalue weighted by Gasteiger charge is 2.22. The van der Waals surface area contributed by atoms with Crippen molar-refractivity contribution < 1.29 is 19.1 Å². The van der Waals surface area contributed by atoms with Crippen LogP contribution in [-0.4, -0.2) is 25.8 Å². The number of nitrogens with one attached hydrogen (secondary N) is 1. The fraction of sp³-hybridized carbons (Fsp3) is 0.231. The molecular formula is C13H13NO4S2. The number of hydrogen-bond acceptors (Lipinski definition) is 6. The second-order valence-electron chi connectivity index (χ2n) is 3.67. The van der Waals surface area contributed by atoms with Gasteiger partial charge in [-0.3, -0.25) is 5.32 Å². The van der Waals surface area contributed by atoms with E-state index in [-0.39, 0.29) is 6.61 Å². The van der Waals surface area contributed by atoms with Gasteiger partial charge in [-0.15, -0.1) is 22.7 Å². The summed E-state index contributed by atoms with van der Waals surface area (Å²) >= 11 is 2.78. The number of carbonyl (C=O) groups is 2. The number of ether oxygens (including phenoxy) is 2. The summed E-state index contributed by atoms with van der Waals surface area (Å²) in [6.45, 7) is 1.98. The number of anilines is 1. The number of methoxy groups -OCH3 is 1. The van der Waals surface area contributed by atoms with Gasteiger partial charge in [0.25, 0.3) is 0 Å². The Labute approximate surface area is 124 Å². The maximum atomic E-state index is 11.9. The van der Waals surface area contributed by atoms with Crippen molar-refractivity contribution in [3.8, 4) is 10.4 Å². The number of thiophene rings is 2. The van der Waals surface area contributed by atoms with Gasteiger partial charge in [-0.1, -0.05) is 6.07 Å². The highest BCUT2D eigenvalue weighted by molar-refractivity contribution is 7.17. The maximum Gasteiger partial charge on any atom is 0.412 e. The zero-order chi connectivity index (χ0) is 14.5. The van der Waals surface area contributed by atoms with E-state index in [2.05, 4.69) is 5.32 Å². The van der Waals surface area contributed by atoms with Gasteiger partial charge in [0.05, 0.1) is 13.7 Å². The quantitative estimate of drug-likeness (QED) is 0.872. The van der Waals surface area contributed by atoms with Crippen LogP contribution in [0.3, 0.4) is 0 Å². The number of hydrogen-bond donors (Lipinski definition) is 1. The first-order valence-electron chi connectivity index (χ1n) is 5.84. The molecule has 1 N–H and O–H groups in total. The summed E-state index contributed by atoms with van der Waals surface area (Å²) in [5, 5.41) is 6.74. The molecule has 106 valence electrons. The molecule has 7 heteroatoms. The molecule has 2 aromatic heterocycles. The lowest BCUT2D eigenvalue weighted by atomic mass is 10.1. The average molecular weight is 311 g/mol. The molecule has 2 rings (SSSR count). The van der Waals surface area contributed by atoms with Crippen LogP contribution < -0.4 is 5.32 Å². The molecule has 0 aliphatic carbocycles. The van der Waals surface area contributed by atoms with Gasteiger partial charge in [-0.2, -0.15) is 0 Å². The summed E-state index contributed by atoms with van der Waals surface area (Å²) < 4.78 is 9.62. The molecule has 0 aliphatic heterocycles. The minimum Gasteiger partial charge on any atom is -0.465 e. The van der Waals surface area contributed by atoms with Crippen LogP contribution in [-0.2, 0) is 9.47 Å². The van der Waals surface area contributed by atoms with E-state index in [0.717, 1.165) is 10.4 Å². The Kier molecular flexibility index (Phi) is 4.75. The van der Waals surface area contributed by atoms with E-state index >= 15 is 0 Å². The van der Waals surface area contributed by atoms with Crippen LogP contribution in [0, 0.1) is 0 Å². The van der Waals surface area contributed by atoms with Crippen molar-refractivity contribution in [2.75, 3.05) is 19.0 Å². The van der Waals surface area contributed by atoms with Crippen LogP contribution in [0.4, 0.5) is 9.80 Å². The van der Waals surface area contributed by atoms with Crippen LogP contribution in [0.2, 0.25) is 0 Å². The monoisotopic (exact) mass is 311 g/mol. The smallest absolute Gasteiger partial charge is 0.412 e. The Balaban J connectivity index is 2.38. The predicted molar refractivity (Wildman–Crippen MR) is 79.6 cm³/mol. The highest BCUT2D eigenvalue weighted by atomic mass is 32.1. The Morgan fingerprint density at radius 2 is 2.15 bits per heavy atom. The Morgan fingerprint density at radius 3 is 2.75 bits per heavy atom. The van der Waals surface area contributed by atoms with Crippen LogP contribution in [0.1, 0.15) is 17.3 Å². The molecule has 0 saturated carbocycles. The van der Waals surface area contributed by atoms with Crippen molar-refractivity contribution in [2.45, 2.75) is 6.92 Å². The summed E-state index contributed by atoms with van der Waals surface area (Å²) in [5.74, 6) is -0.485. The van der Waals surface area contributed by atoms with E-state index < -0.39 is 12.1 Å². The third-order valence-corrected chi connectivity index (χ3v) is 4.26. The van der Waals surface area contributed by atoms with Gasteiger partial charge in [0.15, 0.2) is 0 Å². The molecule has 1 amide bonds. The molecule has 0 saturated heterocycles. The average Bonchev–Trinajstić information content (AvgIpc) is 3.06. The number of rotatable bonds is 4. The molecule has 0 bridgehead atoms. The van der Waals surface area contributed by atoms with Gasteiger partial charge >= 0.3 is 12.1 Å². The fourth-order valence-electron chi connectivity index (χ4n) is 1.63. The lowest BCUT2D eigenvalue weighted by Gasteiger charge is -2.06. The minimum atomic E-state index is -0.586. The SMILES string of the molecule is CCOC(=O)Nc1scc(-c2cccs2)c1C(=O)OC. The molecule has 20 heavy (non-hydrogen) atoms. The van der Waals surface area contributed by atoms with E-state index in [9.17, 15) is 9.59 Å². The second kappa shape index (κ2) is 6.53. The zero-order valence-electron chi connectivity index (χ0n) is 11.0. The number of esters is 1. The van der Waals surface area contributed by atoms with Crippen LogP contribution >= 0.6 is 22.7 Å². The molecule has 2 aromatic rings. The molecule has 0 radical (unpaired) electrons. The van der Waals surface area contributed by atoms with Gasteiger partial charge in [0, 0.05) is 15.8 Å². The number of amides is 1. The van der Waals surface area contributed by atoms with E-state index in [1.54, 1.807) is 6.92 Å². The lowest BCUT2D eigenvalue weighted by molar-refractivity contribution is 0.0603. The number of carbonyl (C=O) groups excluding carboxylic acids is 2. The molecule has 2 heterocycles. The van der Waals surface area contributed by atoms with Crippen molar-refractivity contribution in [3.63, 3.8) is 0 Å². The van der Waals surface area contributed by atoms with Crippen LogP contribution in [0.25, 0.3) is 10.4 Å². The highest BCUT2D eigenvalue weighted by Crippen LogP contribution is 2.38. The Morgan fingerprint density at radius 1 is 1.35 bits per heavy atom. The lowest BCUT2D eigenvalue weighted by Crippen LogP contribution is -2.15. The third kappa shape index (κ3) is 3.00. The largest absolute Gasteiger partial charge is 0.465 e. The van der Waals surface area contributed by atoms with E-state index in [1.165, 1.54) is 29.8 Å². The summed E-state index contributed by atoms with van der Waals surface area (Å²) in [6.07, 6.45) is -0.586. The molecule has 0 unspecified atom stereocenters. The second-order valence-corrected chi connectivity index (χ2v) is 5.50. The standard InChI is InChI=1S/C13H13NO4S2/c1-3-18-13(16)14-11-10(12(15)17-2)8(7-20-11)9-5-4-6-19-9/h4-7H,3H2,1-2H3,(H,14,16). The van der Waals surface area contributed by atoms with Gasteiger partial charge in [-0.05, 0) is 18.4 Å². The summed E-state index contributed by atoms with van der Waals surface area (Å²) in [6, 6.07) is 3.81. The fourth-order valence-corrected chi connectivity index (χ4v) is 3.39. The Hall–Kier alpha value is -1.86. The maximum absolute atomic E-state index is 11.9. The molecule has 0 aliphatic rings. The predicted octanol–water partition coefficient (Wildman–Crippen LogP) is 3.83. The summed E-state index contributed by atoms with van der Waals surface area (Å²) in [7, 11) is 1.31. The minimum absolute atomic E-state index is 0.266. The third-order valence-electron chi connectivity index (χ3n) is 2.46. The van der Waals surface area contributed by atoms with Gasteiger partial charge in [-0.25, -0.2) is 9.59 Å². The van der Waals surface area contributed by atoms with E-state index in [0.29, 0.717) is 10.6 Å².